The maximum absolute atomic E-state index is 11.6. The molecule has 4 rings (SSSR count). The number of halogens is 1. The molecule has 9 heteroatoms. The Morgan fingerprint density at radius 2 is 1.34 bits per heavy atom. The third-order valence-electron chi connectivity index (χ3n) is 6.03. The number of rotatable bonds is 4. The van der Waals surface area contributed by atoms with Gasteiger partial charge in [-0.15, -0.1) is 11.6 Å². The van der Waals surface area contributed by atoms with Gasteiger partial charge in [0.05, 0.1) is 6.61 Å². The van der Waals surface area contributed by atoms with E-state index in [0.717, 1.165) is 11.1 Å². The van der Waals surface area contributed by atoms with Gasteiger partial charge in [-0.05, 0) is 25.0 Å². The second kappa shape index (κ2) is 13.6. The van der Waals surface area contributed by atoms with Crippen molar-refractivity contribution in [3.05, 3.63) is 70.8 Å². The van der Waals surface area contributed by atoms with Crippen LogP contribution < -0.4 is 0 Å². The van der Waals surface area contributed by atoms with E-state index in [1.165, 1.54) is 11.1 Å². The third-order valence-corrected chi connectivity index (χ3v) is 6.34. The smallest absolute Gasteiger partial charge is 0.463 e. The van der Waals surface area contributed by atoms with Crippen molar-refractivity contribution in [1.29, 1.82) is 0 Å². The summed E-state index contributed by atoms with van der Waals surface area (Å²) in [6, 6.07) is 15.8. The van der Waals surface area contributed by atoms with Gasteiger partial charge in [0.1, 0.15) is 13.2 Å². The highest BCUT2D eigenvalue weighted by Gasteiger charge is 2.47. The van der Waals surface area contributed by atoms with E-state index in [1.54, 1.807) is 27.7 Å². The molecule has 2 aliphatic rings. The van der Waals surface area contributed by atoms with Crippen LogP contribution in [0.3, 0.4) is 0 Å². The number of carbonyl (C=O) groups is 3. The quantitative estimate of drug-likeness (QED) is 0.313. The molecule has 0 radical (unpaired) electrons. The van der Waals surface area contributed by atoms with Crippen molar-refractivity contribution in [2.24, 2.45) is 10.8 Å². The first-order chi connectivity index (χ1) is 17.7. The van der Waals surface area contributed by atoms with E-state index in [-0.39, 0.29) is 13.2 Å². The summed E-state index contributed by atoms with van der Waals surface area (Å²) in [4.78, 5) is 33.6. The van der Waals surface area contributed by atoms with Gasteiger partial charge >= 0.3 is 18.1 Å². The zero-order valence-electron chi connectivity index (χ0n) is 22.8. The second-order valence-electron chi connectivity index (χ2n) is 10.7. The maximum atomic E-state index is 11.6. The number of hydrogen-bond acceptors (Lipinski definition) is 8. The number of esters is 2. The van der Waals surface area contributed by atoms with Crippen molar-refractivity contribution in [3.8, 4) is 0 Å². The largest absolute Gasteiger partial charge is 0.509 e. The van der Waals surface area contributed by atoms with Gasteiger partial charge in [-0.2, -0.15) is 0 Å². The van der Waals surface area contributed by atoms with E-state index in [2.05, 4.69) is 23.8 Å². The molecule has 0 amide bonds. The van der Waals surface area contributed by atoms with Crippen LogP contribution in [0.25, 0.3) is 0 Å². The summed E-state index contributed by atoms with van der Waals surface area (Å²) >= 11 is 5.58. The standard InChI is InChI=1S/C15H18O5.C8H9Cl.C6H10O3/c1-10-4-6-11(7-5-10)8-18-14(17)20-12-13(16)19-9-15(12,2)3;1-7-2-4-8(6-9)5-3-7;1-6(2)3-9-5(8)4(6)7/h4-7,12H,8-9H2,1-3H3;2-5H,6H2,1H3;4,7H,3H2,1-2H3/t12-;;4-/m0.0/s1. The van der Waals surface area contributed by atoms with Crippen LogP contribution in [0.5, 0.6) is 0 Å². The van der Waals surface area contributed by atoms with E-state index in [1.807, 2.05) is 43.3 Å². The summed E-state index contributed by atoms with van der Waals surface area (Å²) < 4.78 is 19.5. The molecule has 0 aliphatic carbocycles. The Hall–Kier alpha value is -3.10. The number of alkyl halides is 1. The second-order valence-corrected chi connectivity index (χ2v) is 11.0. The molecule has 0 spiro atoms. The van der Waals surface area contributed by atoms with Crippen LogP contribution in [0.2, 0.25) is 0 Å². The molecule has 2 aromatic rings. The predicted octanol–water partition coefficient (Wildman–Crippen LogP) is 5.26. The first-order valence-electron chi connectivity index (χ1n) is 12.3. The highest BCUT2D eigenvalue weighted by Crippen LogP contribution is 2.31. The van der Waals surface area contributed by atoms with Gasteiger partial charge in [0.25, 0.3) is 0 Å². The third kappa shape index (κ3) is 9.33. The molecule has 1 N–H and O–H groups in total. The first kappa shape index (κ1) is 31.1. The van der Waals surface area contributed by atoms with Crippen LogP contribution in [-0.2, 0) is 41.0 Å². The monoisotopic (exact) mass is 548 g/mol. The molecule has 2 saturated heterocycles. The van der Waals surface area contributed by atoms with Crippen LogP contribution in [0.1, 0.15) is 49.9 Å². The number of aliphatic hydroxyl groups is 1. The van der Waals surface area contributed by atoms with Crippen LogP contribution in [0.4, 0.5) is 4.79 Å². The van der Waals surface area contributed by atoms with E-state index < -0.39 is 41.1 Å². The highest BCUT2D eigenvalue weighted by atomic mass is 35.5. The first-order valence-corrected chi connectivity index (χ1v) is 12.8. The molecule has 2 aromatic carbocycles. The van der Waals surface area contributed by atoms with Crippen molar-refractivity contribution in [3.63, 3.8) is 0 Å². The van der Waals surface area contributed by atoms with Crippen molar-refractivity contribution < 1.29 is 38.4 Å². The predicted molar refractivity (Wildman–Crippen MR) is 142 cm³/mol. The zero-order valence-corrected chi connectivity index (χ0v) is 23.5. The number of aliphatic hydroxyl groups excluding tert-OH is 1. The lowest BCUT2D eigenvalue weighted by Gasteiger charge is -2.21. The van der Waals surface area contributed by atoms with Gasteiger partial charge in [-0.1, -0.05) is 87.4 Å². The summed E-state index contributed by atoms with van der Waals surface area (Å²) in [7, 11) is 0. The van der Waals surface area contributed by atoms with E-state index in [9.17, 15) is 14.4 Å². The Kier molecular flexibility index (Phi) is 11.2. The molecule has 2 fully saturated rings. The van der Waals surface area contributed by atoms with Gasteiger partial charge in [0.15, 0.2) is 6.10 Å². The highest BCUT2D eigenvalue weighted by molar-refractivity contribution is 6.17. The molecule has 0 unspecified atom stereocenters. The minimum atomic E-state index is -0.933. The fraction of sp³-hybridized carbons (Fsp3) is 0.483. The van der Waals surface area contributed by atoms with Crippen molar-refractivity contribution in [2.45, 2.75) is 66.2 Å². The zero-order chi connectivity index (χ0) is 28.5. The van der Waals surface area contributed by atoms with Crippen molar-refractivity contribution >= 4 is 29.7 Å². The van der Waals surface area contributed by atoms with Crippen molar-refractivity contribution in [2.75, 3.05) is 13.2 Å². The lowest BCUT2D eigenvalue weighted by atomic mass is 9.90. The maximum Gasteiger partial charge on any atom is 0.509 e. The van der Waals surface area contributed by atoms with E-state index >= 15 is 0 Å². The lowest BCUT2D eigenvalue weighted by molar-refractivity contribution is -0.146. The van der Waals surface area contributed by atoms with Gasteiger partial charge in [0.2, 0.25) is 6.10 Å². The molecule has 2 aliphatic heterocycles. The number of hydrogen-bond donors (Lipinski definition) is 1. The summed E-state index contributed by atoms with van der Waals surface area (Å²) in [5.74, 6) is -0.414. The molecular formula is C29H37ClO8. The van der Waals surface area contributed by atoms with Crippen molar-refractivity contribution in [1.82, 2.24) is 0 Å². The molecule has 208 valence electrons. The Morgan fingerprint density at radius 1 is 0.868 bits per heavy atom. The molecule has 8 nitrogen and oxygen atoms in total. The molecule has 2 heterocycles. The molecule has 38 heavy (non-hydrogen) atoms. The molecular weight excluding hydrogens is 512 g/mol. The topological polar surface area (TPSA) is 108 Å². The fourth-order valence-corrected chi connectivity index (χ4v) is 3.48. The van der Waals surface area contributed by atoms with Crippen LogP contribution in [0, 0.1) is 24.7 Å². The van der Waals surface area contributed by atoms with Crippen LogP contribution in [-0.4, -0.2) is 48.6 Å². The average Bonchev–Trinajstić information content (AvgIpc) is 3.28. The van der Waals surface area contributed by atoms with Gasteiger partial charge in [-0.25, -0.2) is 14.4 Å². The SMILES string of the molecule is CC1(C)COC(=O)[C@@H]1O.Cc1ccc(CCl)cc1.Cc1ccc(COC(=O)O[C@H]2C(=O)OCC2(C)C)cc1. The Morgan fingerprint density at radius 3 is 1.71 bits per heavy atom. The number of aryl methyl sites for hydroxylation is 2. The summed E-state index contributed by atoms with van der Waals surface area (Å²) in [6.45, 7) is 11.9. The molecule has 2 atom stereocenters. The number of ether oxygens (including phenoxy) is 4. The summed E-state index contributed by atoms with van der Waals surface area (Å²) in [5, 5.41) is 9.05. The molecule has 0 bridgehead atoms. The minimum absolute atomic E-state index is 0.112. The molecule has 0 aromatic heterocycles. The van der Waals surface area contributed by atoms with Gasteiger partial charge in [0, 0.05) is 16.7 Å². The lowest BCUT2D eigenvalue weighted by Crippen LogP contribution is -2.35. The Bertz CT molecular complexity index is 1080. The minimum Gasteiger partial charge on any atom is -0.463 e. The summed E-state index contributed by atoms with van der Waals surface area (Å²) in [6.07, 6.45) is -2.70. The summed E-state index contributed by atoms with van der Waals surface area (Å²) in [5.41, 5.74) is 3.54. The average molecular weight is 549 g/mol. The fourth-order valence-electron chi connectivity index (χ4n) is 3.30. The van der Waals surface area contributed by atoms with Gasteiger partial charge < -0.3 is 24.1 Å². The normalized spacial score (nSPS) is 20.6. The van der Waals surface area contributed by atoms with Gasteiger partial charge in [-0.3, -0.25) is 0 Å². The Labute approximate surface area is 229 Å². The van der Waals surface area contributed by atoms with E-state index in [0.29, 0.717) is 12.5 Å². The van der Waals surface area contributed by atoms with Crippen LogP contribution >= 0.6 is 11.6 Å². The Balaban J connectivity index is 0.000000232. The molecule has 0 saturated carbocycles. The van der Waals surface area contributed by atoms with E-state index in [4.69, 9.17) is 30.9 Å². The number of carbonyl (C=O) groups excluding carboxylic acids is 3. The number of benzene rings is 2. The number of cyclic esters (lactones) is 2. The van der Waals surface area contributed by atoms with Crippen LogP contribution in [0.15, 0.2) is 48.5 Å².